The standard InChI is InChI=1S/C7H9N5S/c1-8-5-6-9-11-12(10-6)7-3-2-4-13-7/h2-4,8H,5H2,1H3. The Hall–Kier alpha value is -1.27. The maximum atomic E-state index is 4.18. The van der Waals surface area contributed by atoms with Crippen molar-refractivity contribution in [3.8, 4) is 5.00 Å². The predicted molar refractivity (Wildman–Crippen MR) is 49.8 cm³/mol. The molecule has 0 amide bonds. The van der Waals surface area contributed by atoms with E-state index in [0.29, 0.717) is 12.4 Å². The summed E-state index contributed by atoms with van der Waals surface area (Å²) in [7, 11) is 1.85. The van der Waals surface area contributed by atoms with Crippen molar-refractivity contribution in [3.63, 3.8) is 0 Å². The van der Waals surface area contributed by atoms with Crippen molar-refractivity contribution in [3.05, 3.63) is 23.3 Å². The van der Waals surface area contributed by atoms with Crippen LogP contribution in [-0.2, 0) is 6.54 Å². The van der Waals surface area contributed by atoms with Crippen LogP contribution in [0.15, 0.2) is 17.5 Å². The number of rotatable bonds is 3. The molecule has 6 heteroatoms. The summed E-state index contributed by atoms with van der Waals surface area (Å²) in [6, 6.07) is 3.91. The molecule has 0 fully saturated rings. The molecule has 0 unspecified atom stereocenters. The van der Waals surface area contributed by atoms with Gasteiger partial charge in [-0.25, -0.2) is 0 Å². The van der Waals surface area contributed by atoms with Crippen LogP contribution in [0.4, 0.5) is 0 Å². The minimum atomic E-state index is 0.644. The summed E-state index contributed by atoms with van der Waals surface area (Å²) in [6.45, 7) is 0.644. The van der Waals surface area contributed by atoms with Gasteiger partial charge >= 0.3 is 0 Å². The lowest BCUT2D eigenvalue weighted by atomic mass is 10.6. The average Bonchev–Trinajstić information content (AvgIpc) is 2.70. The molecule has 0 saturated carbocycles. The zero-order chi connectivity index (χ0) is 9.10. The van der Waals surface area contributed by atoms with Crippen LogP contribution in [0.3, 0.4) is 0 Å². The molecule has 0 bridgehead atoms. The number of aromatic nitrogens is 4. The lowest BCUT2D eigenvalue weighted by molar-refractivity contribution is 0.721. The van der Waals surface area contributed by atoms with Gasteiger partial charge in [0.25, 0.3) is 0 Å². The number of nitrogens with one attached hydrogen (secondary N) is 1. The van der Waals surface area contributed by atoms with Gasteiger partial charge in [-0.1, -0.05) is 0 Å². The van der Waals surface area contributed by atoms with E-state index >= 15 is 0 Å². The van der Waals surface area contributed by atoms with Crippen LogP contribution >= 0.6 is 11.3 Å². The summed E-state index contributed by atoms with van der Waals surface area (Å²) < 4.78 is 0. The molecule has 0 saturated heterocycles. The van der Waals surface area contributed by atoms with Gasteiger partial charge in [-0.3, -0.25) is 0 Å². The Morgan fingerprint density at radius 2 is 2.54 bits per heavy atom. The van der Waals surface area contributed by atoms with E-state index < -0.39 is 0 Å². The monoisotopic (exact) mass is 195 g/mol. The Labute approximate surface area is 79.4 Å². The molecular weight excluding hydrogens is 186 g/mol. The van der Waals surface area contributed by atoms with E-state index in [9.17, 15) is 0 Å². The number of tetrazole rings is 1. The zero-order valence-electron chi connectivity index (χ0n) is 7.14. The SMILES string of the molecule is CNCc1nnn(-c2cccs2)n1. The van der Waals surface area contributed by atoms with Crippen LogP contribution in [0.1, 0.15) is 5.82 Å². The molecule has 0 spiro atoms. The second-order valence-corrected chi connectivity index (χ2v) is 3.40. The van der Waals surface area contributed by atoms with E-state index in [1.165, 1.54) is 4.80 Å². The third kappa shape index (κ3) is 1.73. The smallest absolute Gasteiger partial charge is 0.188 e. The first-order valence-corrected chi connectivity index (χ1v) is 4.75. The van der Waals surface area contributed by atoms with Crippen LogP contribution in [0.5, 0.6) is 0 Å². The second-order valence-electron chi connectivity index (χ2n) is 2.48. The van der Waals surface area contributed by atoms with Gasteiger partial charge in [0, 0.05) is 0 Å². The Kier molecular flexibility index (Phi) is 2.33. The van der Waals surface area contributed by atoms with Gasteiger partial charge in [0.2, 0.25) is 0 Å². The molecule has 0 aliphatic rings. The van der Waals surface area contributed by atoms with Gasteiger partial charge in [-0.2, -0.15) is 0 Å². The summed E-state index contributed by atoms with van der Waals surface area (Å²) in [5, 5.41) is 17.9. The molecule has 13 heavy (non-hydrogen) atoms. The van der Waals surface area contributed by atoms with Crippen molar-refractivity contribution in [2.24, 2.45) is 0 Å². The van der Waals surface area contributed by atoms with Crippen LogP contribution in [0.25, 0.3) is 5.00 Å². The van der Waals surface area contributed by atoms with E-state index in [0.717, 1.165) is 5.00 Å². The van der Waals surface area contributed by atoms with Crippen molar-refractivity contribution >= 4 is 11.3 Å². The van der Waals surface area contributed by atoms with Gasteiger partial charge in [0.05, 0.1) is 6.54 Å². The highest BCUT2D eigenvalue weighted by Gasteiger charge is 2.03. The molecule has 5 nitrogen and oxygen atoms in total. The van der Waals surface area contributed by atoms with Crippen molar-refractivity contribution < 1.29 is 0 Å². The molecule has 68 valence electrons. The molecule has 2 aromatic rings. The molecule has 2 aromatic heterocycles. The fourth-order valence-corrected chi connectivity index (χ4v) is 1.57. The topological polar surface area (TPSA) is 55.6 Å². The molecule has 1 N–H and O–H groups in total. The number of nitrogens with zero attached hydrogens (tertiary/aromatic N) is 4. The Morgan fingerprint density at radius 3 is 3.23 bits per heavy atom. The van der Waals surface area contributed by atoms with E-state index in [1.54, 1.807) is 11.3 Å². The van der Waals surface area contributed by atoms with E-state index in [2.05, 4.69) is 20.7 Å². The maximum Gasteiger partial charge on any atom is 0.188 e. The van der Waals surface area contributed by atoms with Crippen molar-refractivity contribution in [2.45, 2.75) is 6.54 Å². The van der Waals surface area contributed by atoms with Gasteiger partial charge in [0.1, 0.15) is 5.00 Å². The third-order valence-electron chi connectivity index (χ3n) is 1.49. The fourth-order valence-electron chi connectivity index (χ4n) is 0.949. The van der Waals surface area contributed by atoms with Gasteiger partial charge in [-0.15, -0.1) is 26.3 Å². The van der Waals surface area contributed by atoms with Crippen LogP contribution < -0.4 is 5.32 Å². The zero-order valence-corrected chi connectivity index (χ0v) is 7.95. The fraction of sp³-hybridized carbons (Fsp3) is 0.286. The molecule has 2 heterocycles. The molecule has 2 rings (SSSR count). The summed E-state index contributed by atoms with van der Waals surface area (Å²) >= 11 is 1.58. The first-order valence-electron chi connectivity index (χ1n) is 3.87. The van der Waals surface area contributed by atoms with Crippen LogP contribution in [0.2, 0.25) is 0 Å². The van der Waals surface area contributed by atoms with Crippen molar-refractivity contribution in [2.75, 3.05) is 7.05 Å². The highest BCUT2D eigenvalue weighted by molar-refractivity contribution is 7.12. The lowest BCUT2D eigenvalue weighted by Crippen LogP contribution is -2.07. The maximum absolute atomic E-state index is 4.18. The summed E-state index contributed by atoms with van der Waals surface area (Å²) in [4.78, 5) is 1.54. The normalized spacial score (nSPS) is 10.5. The first-order chi connectivity index (χ1) is 6.40. The van der Waals surface area contributed by atoms with E-state index in [-0.39, 0.29) is 0 Å². The van der Waals surface area contributed by atoms with Crippen molar-refractivity contribution in [1.29, 1.82) is 0 Å². The number of thiophene rings is 1. The van der Waals surface area contributed by atoms with Crippen LogP contribution in [-0.4, -0.2) is 27.3 Å². The Bertz CT molecular complexity index is 366. The first kappa shape index (κ1) is 8.33. The minimum Gasteiger partial charge on any atom is -0.313 e. The van der Waals surface area contributed by atoms with Crippen molar-refractivity contribution in [1.82, 2.24) is 25.5 Å². The molecule has 0 atom stereocenters. The summed E-state index contributed by atoms with van der Waals surface area (Å²) in [5.74, 6) is 0.705. The minimum absolute atomic E-state index is 0.644. The number of hydrogen-bond acceptors (Lipinski definition) is 5. The summed E-state index contributed by atoms with van der Waals surface area (Å²) in [5.41, 5.74) is 0. The second kappa shape index (κ2) is 3.63. The molecule has 0 aliphatic carbocycles. The number of hydrogen-bond donors (Lipinski definition) is 1. The molecule has 0 aromatic carbocycles. The third-order valence-corrected chi connectivity index (χ3v) is 2.33. The highest BCUT2D eigenvalue weighted by atomic mass is 32.1. The molecule has 0 radical (unpaired) electrons. The van der Waals surface area contributed by atoms with Gasteiger partial charge in [0.15, 0.2) is 5.82 Å². The Balaban J connectivity index is 2.23. The highest BCUT2D eigenvalue weighted by Crippen LogP contribution is 2.11. The lowest BCUT2D eigenvalue weighted by Gasteiger charge is -1.90. The summed E-state index contributed by atoms with van der Waals surface area (Å²) in [6.07, 6.45) is 0. The van der Waals surface area contributed by atoms with E-state index in [4.69, 9.17) is 0 Å². The Morgan fingerprint density at radius 1 is 1.62 bits per heavy atom. The predicted octanol–water partition coefficient (Wildman–Crippen LogP) is 0.443. The average molecular weight is 195 g/mol. The van der Waals surface area contributed by atoms with Gasteiger partial charge in [-0.05, 0) is 29.8 Å². The molecule has 0 aliphatic heterocycles. The van der Waals surface area contributed by atoms with Crippen LogP contribution in [0, 0.1) is 0 Å². The van der Waals surface area contributed by atoms with E-state index in [1.807, 2.05) is 24.6 Å². The molecular formula is C7H9N5S. The largest absolute Gasteiger partial charge is 0.313 e. The van der Waals surface area contributed by atoms with Gasteiger partial charge < -0.3 is 5.32 Å². The quantitative estimate of drug-likeness (QED) is 0.772.